The zero-order chi connectivity index (χ0) is 12.9. The van der Waals surface area contributed by atoms with Crippen LogP contribution in [0.3, 0.4) is 0 Å². The fourth-order valence-electron chi connectivity index (χ4n) is 1.63. The second-order valence-electron chi connectivity index (χ2n) is 4.04. The van der Waals surface area contributed by atoms with Gasteiger partial charge in [-0.25, -0.2) is 9.97 Å². The van der Waals surface area contributed by atoms with Crippen LogP contribution in [0.5, 0.6) is 0 Å². The van der Waals surface area contributed by atoms with Crippen molar-refractivity contribution in [3.05, 3.63) is 30.2 Å². The van der Waals surface area contributed by atoms with Gasteiger partial charge in [0.1, 0.15) is 9.49 Å². The standard InChI is InChI=1S/C11H6Br2Cl2N2S/c12-5-3-6(18-10(5)15)11-16-8(4-1-2-4)7(13)9(14)17-11/h3-4H,1-2H2. The summed E-state index contributed by atoms with van der Waals surface area (Å²) in [4.78, 5) is 9.83. The van der Waals surface area contributed by atoms with Crippen molar-refractivity contribution in [3.63, 3.8) is 0 Å². The maximum absolute atomic E-state index is 6.15. The Morgan fingerprint density at radius 3 is 2.50 bits per heavy atom. The molecule has 7 heteroatoms. The van der Waals surface area contributed by atoms with E-state index in [-0.39, 0.29) is 0 Å². The van der Waals surface area contributed by atoms with Crippen LogP contribution in [0.25, 0.3) is 10.7 Å². The van der Waals surface area contributed by atoms with E-state index in [1.165, 1.54) is 24.2 Å². The summed E-state index contributed by atoms with van der Waals surface area (Å²) in [5.41, 5.74) is 1.01. The first-order valence-electron chi connectivity index (χ1n) is 5.24. The monoisotopic (exact) mass is 426 g/mol. The molecule has 0 atom stereocenters. The molecule has 0 radical (unpaired) electrons. The molecule has 0 amide bonds. The average molecular weight is 429 g/mol. The minimum Gasteiger partial charge on any atom is -0.231 e. The molecule has 94 valence electrons. The van der Waals surface area contributed by atoms with Crippen molar-refractivity contribution in [1.82, 2.24) is 9.97 Å². The fraction of sp³-hybridized carbons (Fsp3) is 0.273. The summed E-state index contributed by atoms with van der Waals surface area (Å²) < 4.78 is 2.37. The maximum atomic E-state index is 6.15. The van der Waals surface area contributed by atoms with E-state index in [4.69, 9.17) is 23.2 Å². The molecule has 2 aromatic heterocycles. The van der Waals surface area contributed by atoms with Gasteiger partial charge in [-0.3, -0.25) is 0 Å². The lowest BCUT2D eigenvalue weighted by atomic mass is 10.3. The molecule has 0 aromatic carbocycles. The van der Waals surface area contributed by atoms with Crippen molar-refractivity contribution in [3.8, 4) is 10.7 Å². The van der Waals surface area contributed by atoms with Gasteiger partial charge < -0.3 is 0 Å². The predicted molar refractivity (Wildman–Crippen MR) is 82.7 cm³/mol. The number of hydrogen-bond acceptors (Lipinski definition) is 3. The van der Waals surface area contributed by atoms with Gasteiger partial charge >= 0.3 is 0 Å². The Kier molecular flexibility index (Phi) is 3.71. The molecule has 1 fully saturated rings. The smallest absolute Gasteiger partial charge is 0.171 e. The van der Waals surface area contributed by atoms with Gasteiger partial charge in [0.15, 0.2) is 5.82 Å². The van der Waals surface area contributed by atoms with Gasteiger partial charge in [0.2, 0.25) is 0 Å². The molecule has 0 spiro atoms. The number of nitrogens with zero attached hydrogens (tertiary/aromatic N) is 2. The first-order valence-corrected chi connectivity index (χ1v) is 8.40. The molecule has 18 heavy (non-hydrogen) atoms. The van der Waals surface area contributed by atoms with Crippen LogP contribution in [0.15, 0.2) is 15.0 Å². The summed E-state index contributed by atoms with van der Waals surface area (Å²) in [6, 6.07) is 1.92. The molecule has 0 bridgehead atoms. The molecule has 1 saturated carbocycles. The van der Waals surface area contributed by atoms with E-state index in [9.17, 15) is 0 Å². The van der Waals surface area contributed by atoms with E-state index < -0.39 is 0 Å². The Morgan fingerprint density at radius 2 is 1.94 bits per heavy atom. The van der Waals surface area contributed by atoms with Crippen LogP contribution in [0.4, 0.5) is 0 Å². The topological polar surface area (TPSA) is 25.8 Å². The normalized spacial score (nSPS) is 15.1. The van der Waals surface area contributed by atoms with Crippen molar-refractivity contribution in [2.45, 2.75) is 18.8 Å². The Labute approximate surface area is 135 Å². The van der Waals surface area contributed by atoms with E-state index in [1.807, 2.05) is 6.07 Å². The summed E-state index contributed by atoms with van der Waals surface area (Å²) in [5, 5.41) is 0.461. The van der Waals surface area contributed by atoms with Crippen LogP contribution >= 0.6 is 66.4 Å². The van der Waals surface area contributed by atoms with Gasteiger partial charge in [0, 0.05) is 10.4 Å². The van der Waals surface area contributed by atoms with Crippen molar-refractivity contribution >= 4 is 66.4 Å². The van der Waals surface area contributed by atoms with E-state index in [2.05, 4.69) is 41.8 Å². The molecule has 3 rings (SSSR count). The number of hydrogen-bond donors (Lipinski definition) is 0. The van der Waals surface area contributed by atoms with Crippen LogP contribution in [0, 0.1) is 0 Å². The summed E-state index contributed by atoms with van der Waals surface area (Å²) in [5.74, 6) is 1.15. The molecule has 2 aromatic rings. The van der Waals surface area contributed by atoms with E-state index >= 15 is 0 Å². The third-order valence-electron chi connectivity index (χ3n) is 2.67. The molecule has 0 N–H and O–H groups in total. The molecule has 2 heterocycles. The Bertz CT molecular complexity index is 606. The highest BCUT2D eigenvalue weighted by atomic mass is 79.9. The highest BCUT2D eigenvalue weighted by Gasteiger charge is 2.29. The SMILES string of the molecule is Clc1nc(-c2cc(Br)c(Cl)s2)nc(C2CC2)c1Br. The quantitative estimate of drug-likeness (QED) is 0.555. The van der Waals surface area contributed by atoms with Gasteiger partial charge in [-0.1, -0.05) is 23.2 Å². The molecule has 1 aliphatic rings. The molecular weight excluding hydrogens is 423 g/mol. The van der Waals surface area contributed by atoms with Crippen molar-refractivity contribution in [1.29, 1.82) is 0 Å². The number of halogens is 4. The minimum absolute atomic E-state index is 0.461. The molecule has 1 aliphatic carbocycles. The maximum Gasteiger partial charge on any atom is 0.171 e. The Balaban J connectivity index is 2.12. The lowest BCUT2D eigenvalue weighted by molar-refractivity contribution is 0.982. The van der Waals surface area contributed by atoms with Crippen molar-refractivity contribution < 1.29 is 0 Å². The fourth-order valence-corrected chi connectivity index (χ4v) is 3.94. The van der Waals surface area contributed by atoms with Crippen LogP contribution in [-0.4, -0.2) is 9.97 Å². The van der Waals surface area contributed by atoms with Gasteiger partial charge in [-0.15, -0.1) is 11.3 Å². The van der Waals surface area contributed by atoms with Crippen LogP contribution in [-0.2, 0) is 0 Å². The Morgan fingerprint density at radius 1 is 1.22 bits per heavy atom. The van der Waals surface area contributed by atoms with Crippen LogP contribution in [0.2, 0.25) is 9.49 Å². The van der Waals surface area contributed by atoms with Crippen LogP contribution < -0.4 is 0 Å². The average Bonchev–Trinajstić information content (AvgIpc) is 3.10. The molecule has 0 aliphatic heterocycles. The van der Waals surface area contributed by atoms with Gasteiger partial charge in [0.05, 0.1) is 15.0 Å². The van der Waals surface area contributed by atoms with E-state index in [1.54, 1.807) is 0 Å². The predicted octanol–water partition coefficient (Wildman–Crippen LogP) is 5.91. The lowest BCUT2D eigenvalue weighted by Crippen LogP contribution is -1.96. The molecule has 0 saturated heterocycles. The van der Waals surface area contributed by atoms with E-state index in [0.717, 1.165) is 19.5 Å². The highest BCUT2D eigenvalue weighted by molar-refractivity contribution is 9.11. The zero-order valence-corrected chi connectivity index (χ0v) is 14.4. The van der Waals surface area contributed by atoms with E-state index in [0.29, 0.717) is 21.2 Å². The Hall–Kier alpha value is 0.320. The van der Waals surface area contributed by atoms with Gasteiger partial charge in [-0.2, -0.15) is 0 Å². The zero-order valence-electron chi connectivity index (χ0n) is 8.88. The second-order valence-corrected chi connectivity index (χ2v) is 7.70. The van der Waals surface area contributed by atoms with Crippen LogP contribution in [0.1, 0.15) is 24.5 Å². The number of rotatable bonds is 2. The first kappa shape index (κ1) is 13.3. The third kappa shape index (κ3) is 2.48. The molecule has 2 nitrogen and oxygen atoms in total. The van der Waals surface area contributed by atoms with Gasteiger partial charge in [0.25, 0.3) is 0 Å². The largest absolute Gasteiger partial charge is 0.231 e. The number of thiophene rings is 1. The second kappa shape index (κ2) is 5.02. The van der Waals surface area contributed by atoms with Crippen molar-refractivity contribution in [2.24, 2.45) is 0 Å². The van der Waals surface area contributed by atoms with Crippen molar-refractivity contribution in [2.75, 3.05) is 0 Å². The minimum atomic E-state index is 0.461. The highest BCUT2D eigenvalue weighted by Crippen LogP contribution is 2.45. The summed E-state index contributed by atoms with van der Waals surface area (Å²) in [6.45, 7) is 0. The lowest BCUT2D eigenvalue weighted by Gasteiger charge is -2.05. The number of aromatic nitrogens is 2. The van der Waals surface area contributed by atoms with Gasteiger partial charge in [-0.05, 0) is 50.8 Å². The first-order chi connectivity index (χ1) is 8.56. The summed E-state index contributed by atoms with van der Waals surface area (Å²) in [6.07, 6.45) is 2.33. The third-order valence-corrected chi connectivity index (χ3v) is 6.42. The summed E-state index contributed by atoms with van der Waals surface area (Å²) >= 11 is 20.5. The molecular formula is C11H6Br2Cl2N2S. The summed E-state index contributed by atoms with van der Waals surface area (Å²) in [7, 11) is 0. The molecule has 0 unspecified atom stereocenters.